The summed E-state index contributed by atoms with van der Waals surface area (Å²) in [6.45, 7) is 4.82. The van der Waals surface area contributed by atoms with E-state index in [1.165, 1.54) is 0 Å². The Morgan fingerprint density at radius 2 is 1.62 bits per heavy atom. The molecule has 1 aromatic rings. The first kappa shape index (κ1) is 22.0. The van der Waals surface area contributed by atoms with Crippen molar-refractivity contribution in [2.45, 2.75) is 77.9 Å². The van der Waals surface area contributed by atoms with Crippen LogP contribution in [0.5, 0.6) is 0 Å². The molecule has 0 radical (unpaired) electrons. The standard InChI is InChI=1S/C21H33NO4/c1-3-5-7-11-15-19(20(23)25-16-12-6-4-2)22-21(24)26-17-18-13-9-8-10-14-18/h8-10,13-14,19H,3-7,11-12,15-17H2,1-2H3,(H,22,24). The van der Waals surface area contributed by atoms with E-state index in [2.05, 4.69) is 19.2 Å². The number of carbonyl (C=O) groups excluding carboxylic acids is 2. The Kier molecular flexibility index (Phi) is 12.0. The SMILES string of the molecule is CCCCCCC(NC(=O)OCc1ccccc1)C(=O)OCCCCC. The molecule has 1 atom stereocenters. The van der Waals surface area contributed by atoms with E-state index in [9.17, 15) is 9.59 Å². The maximum atomic E-state index is 12.3. The van der Waals surface area contributed by atoms with E-state index in [1.807, 2.05) is 30.3 Å². The van der Waals surface area contributed by atoms with E-state index in [0.29, 0.717) is 13.0 Å². The monoisotopic (exact) mass is 363 g/mol. The number of amides is 1. The highest BCUT2D eigenvalue weighted by molar-refractivity contribution is 5.81. The van der Waals surface area contributed by atoms with Gasteiger partial charge in [0.2, 0.25) is 0 Å². The molecule has 1 aromatic carbocycles. The van der Waals surface area contributed by atoms with Gasteiger partial charge in [0.15, 0.2) is 0 Å². The quantitative estimate of drug-likeness (QED) is 0.396. The second-order valence-corrected chi connectivity index (χ2v) is 6.48. The number of nitrogens with one attached hydrogen (secondary N) is 1. The molecule has 146 valence electrons. The third-order valence-electron chi connectivity index (χ3n) is 4.13. The molecule has 0 fully saturated rings. The van der Waals surface area contributed by atoms with Crippen molar-refractivity contribution < 1.29 is 19.1 Å². The molecular weight excluding hydrogens is 330 g/mol. The van der Waals surface area contributed by atoms with Crippen LogP contribution in [0.1, 0.15) is 70.8 Å². The molecule has 1 rings (SSSR count). The molecule has 0 aliphatic rings. The lowest BCUT2D eigenvalue weighted by Gasteiger charge is -2.17. The zero-order valence-corrected chi connectivity index (χ0v) is 16.2. The molecule has 0 aliphatic heterocycles. The lowest BCUT2D eigenvalue weighted by molar-refractivity contribution is -0.146. The van der Waals surface area contributed by atoms with Gasteiger partial charge in [-0.1, -0.05) is 82.7 Å². The van der Waals surface area contributed by atoms with Crippen LogP contribution in [0.15, 0.2) is 30.3 Å². The van der Waals surface area contributed by atoms with Crippen molar-refractivity contribution in [1.29, 1.82) is 0 Å². The van der Waals surface area contributed by atoms with E-state index >= 15 is 0 Å². The molecule has 0 bridgehead atoms. The van der Waals surface area contributed by atoms with Crippen molar-refractivity contribution >= 4 is 12.1 Å². The van der Waals surface area contributed by atoms with Gasteiger partial charge in [-0.2, -0.15) is 0 Å². The molecule has 0 saturated heterocycles. The third-order valence-corrected chi connectivity index (χ3v) is 4.13. The molecule has 26 heavy (non-hydrogen) atoms. The first-order valence-electron chi connectivity index (χ1n) is 9.81. The van der Waals surface area contributed by atoms with Crippen molar-refractivity contribution in [3.8, 4) is 0 Å². The molecule has 0 spiro atoms. The van der Waals surface area contributed by atoms with Crippen LogP contribution in [-0.2, 0) is 20.9 Å². The van der Waals surface area contributed by atoms with E-state index < -0.39 is 12.1 Å². The van der Waals surface area contributed by atoms with Gasteiger partial charge < -0.3 is 14.8 Å². The minimum absolute atomic E-state index is 0.181. The summed E-state index contributed by atoms with van der Waals surface area (Å²) in [4.78, 5) is 24.3. The van der Waals surface area contributed by atoms with Crippen LogP contribution in [0.3, 0.4) is 0 Å². The summed E-state index contributed by atoms with van der Waals surface area (Å²) in [6.07, 6.45) is 7.10. The Hall–Kier alpha value is -2.04. The first-order chi connectivity index (χ1) is 12.7. The number of esters is 1. The van der Waals surface area contributed by atoms with Gasteiger partial charge in [-0.3, -0.25) is 0 Å². The van der Waals surface area contributed by atoms with E-state index in [4.69, 9.17) is 9.47 Å². The number of ether oxygens (including phenoxy) is 2. The number of carbonyl (C=O) groups is 2. The fourth-order valence-electron chi connectivity index (χ4n) is 2.56. The summed E-state index contributed by atoms with van der Waals surface area (Å²) in [5, 5.41) is 2.67. The molecule has 1 amide bonds. The summed E-state index contributed by atoms with van der Waals surface area (Å²) >= 11 is 0. The van der Waals surface area contributed by atoms with Crippen molar-refractivity contribution in [3.63, 3.8) is 0 Å². The smallest absolute Gasteiger partial charge is 0.408 e. The van der Waals surface area contributed by atoms with Gasteiger partial charge in [0.05, 0.1) is 6.61 Å². The molecule has 0 aromatic heterocycles. The Balaban J connectivity index is 2.45. The minimum atomic E-state index is -0.642. The minimum Gasteiger partial charge on any atom is -0.464 e. The highest BCUT2D eigenvalue weighted by Crippen LogP contribution is 2.09. The highest BCUT2D eigenvalue weighted by Gasteiger charge is 2.22. The summed E-state index contributed by atoms with van der Waals surface area (Å²) in [5.74, 6) is -0.366. The van der Waals surface area contributed by atoms with Gasteiger partial charge in [0, 0.05) is 0 Å². The maximum Gasteiger partial charge on any atom is 0.408 e. The Bertz CT molecular complexity index is 504. The molecular formula is C21H33NO4. The average molecular weight is 363 g/mol. The normalized spacial score (nSPS) is 11.6. The largest absolute Gasteiger partial charge is 0.464 e. The zero-order valence-electron chi connectivity index (χ0n) is 16.2. The molecule has 0 aliphatic carbocycles. The van der Waals surface area contributed by atoms with Crippen LogP contribution in [0.4, 0.5) is 4.79 Å². The predicted octanol–water partition coefficient (Wildman–Crippen LogP) is 4.99. The molecule has 1 N–H and O–H groups in total. The summed E-state index contributed by atoms with van der Waals surface area (Å²) in [5.41, 5.74) is 0.907. The van der Waals surface area contributed by atoms with Crippen LogP contribution >= 0.6 is 0 Å². The van der Waals surface area contributed by atoms with Crippen LogP contribution in [0.2, 0.25) is 0 Å². The Morgan fingerprint density at radius 1 is 0.923 bits per heavy atom. The number of hydrogen-bond acceptors (Lipinski definition) is 4. The van der Waals surface area contributed by atoms with Crippen molar-refractivity contribution in [1.82, 2.24) is 5.32 Å². The fourth-order valence-corrected chi connectivity index (χ4v) is 2.56. The van der Waals surface area contributed by atoms with Crippen molar-refractivity contribution in [3.05, 3.63) is 35.9 Å². The fraction of sp³-hybridized carbons (Fsp3) is 0.619. The van der Waals surface area contributed by atoms with Gasteiger partial charge in [0.1, 0.15) is 12.6 Å². The predicted molar refractivity (Wildman–Crippen MR) is 103 cm³/mol. The van der Waals surface area contributed by atoms with Crippen LogP contribution in [0.25, 0.3) is 0 Å². The Morgan fingerprint density at radius 3 is 2.31 bits per heavy atom. The number of hydrogen-bond donors (Lipinski definition) is 1. The van der Waals surface area contributed by atoms with Gasteiger partial charge in [0.25, 0.3) is 0 Å². The van der Waals surface area contributed by atoms with E-state index in [1.54, 1.807) is 0 Å². The third kappa shape index (κ3) is 10.1. The van der Waals surface area contributed by atoms with Crippen LogP contribution in [0, 0.1) is 0 Å². The lowest BCUT2D eigenvalue weighted by Crippen LogP contribution is -2.42. The zero-order chi connectivity index (χ0) is 19.0. The number of alkyl carbamates (subject to hydrolysis) is 1. The van der Waals surface area contributed by atoms with Gasteiger partial charge in [-0.15, -0.1) is 0 Å². The van der Waals surface area contributed by atoms with Crippen LogP contribution < -0.4 is 5.32 Å². The van der Waals surface area contributed by atoms with Crippen molar-refractivity contribution in [2.24, 2.45) is 0 Å². The van der Waals surface area contributed by atoms with Crippen molar-refractivity contribution in [2.75, 3.05) is 6.61 Å². The van der Waals surface area contributed by atoms with Gasteiger partial charge >= 0.3 is 12.1 Å². The Labute approximate surface area is 157 Å². The molecule has 1 unspecified atom stereocenters. The molecule has 5 heteroatoms. The number of rotatable bonds is 13. The molecule has 0 heterocycles. The van der Waals surface area contributed by atoms with E-state index in [-0.39, 0.29) is 12.6 Å². The second kappa shape index (κ2) is 14.2. The molecule has 5 nitrogen and oxygen atoms in total. The average Bonchev–Trinajstić information content (AvgIpc) is 2.66. The lowest BCUT2D eigenvalue weighted by atomic mass is 10.1. The summed E-state index contributed by atoms with van der Waals surface area (Å²) < 4.78 is 10.5. The van der Waals surface area contributed by atoms with Crippen LogP contribution in [-0.4, -0.2) is 24.7 Å². The maximum absolute atomic E-state index is 12.3. The van der Waals surface area contributed by atoms with Gasteiger partial charge in [-0.05, 0) is 18.4 Å². The van der Waals surface area contributed by atoms with E-state index in [0.717, 1.165) is 50.5 Å². The van der Waals surface area contributed by atoms with Gasteiger partial charge in [-0.25, -0.2) is 9.59 Å². The second-order valence-electron chi connectivity index (χ2n) is 6.48. The topological polar surface area (TPSA) is 64.6 Å². The highest BCUT2D eigenvalue weighted by atomic mass is 16.6. The number of unbranched alkanes of at least 4 members (excludes halogenated alkanes) is 5. The first-order valence-corrected chi connectivity index (χ1v) is 9.81. The number of benzene rings is 1. The molecule has 0 saturated carbocycles. The summed E-state index contributed by atoms with van der Waals surface area (Å²) in [6, 6.07) is 8.82. The summed E-state index contributed by atoms with van der Waals surface area (Å²) in [7, 11) is 0.